The lowest BCUT2D eigenvalue weighted by molar-refractivity contribution is 0.407. The molecule has 13 heteroatoms. The van der Waals surface area contributed by atoms with Crippen molar-refractivity contribution in [3.63, 3.8) is 0 Å². The summed E-state index contributed by atoms with van der Waals surface area (Å²) < 4.78 is 63.9. The number of hydrogen-bond acceptors (Lipinski definition) is 9. The summed E-state index contributed by atoms with van der Waals surface area (Å²) in [6.07, 6.45) is 5.04. The minimum atomic E-state index is -4.17. The van der Waals surface area contributed by atoms with Crippen molar-refractivity contribution < 1.29 is 21.9 Å². The fraction of sp³-hybridized carbons (Fsp3) is 0.241. The Morgan fingerprint density at radius 3 is 2.62 bits per heavy atom. The van der Waals surface area contributed by atoms with Crippen LogP contribution < -0.4 is 20.1 Å². The molecule has 0 bridgehead atoms. The van der Waals surface area contributed by atoms with Crippen LogP contribution in [0.2, 0.25) is 0 Å². The first kappa shape index (κ1) is 28.8. The molecular formula is C29H27F2N7O3S. The summed E-state index contributed by atoms with van der Waals surface area (Å²) >= 11 is 0. The molecule has 2 aromatic carbocycles. The van der Waals surface area contributed by atoms with Crippen molar-refractivity contribution in [3.05, 3.63) is 89.8 Å². The lowest BCUT2D eigenvalue weighted by Crippen LogP contribution is -2.38. The Morgan fingerprint density at radius 1 is 1.07 bits per heavy atom. The fourth-order valence-corrected chi connectivity index (χ4v) is 5.60. The molecule has 4 aromatic rings. The first-order chi connectivity index (χ1) is 20.2. The number of pyridine rings is 1. The first-order valence-corrected chi connectivity index (χ1v) is 14.7. The molecule has 0 spiro atoms. The highest BCUT2D eigenvalue weighted by Gasteiger charge is 2.26. The summed E-state index contributed by atoms with van der Waals surface area (Å²) in [5.74, 6) is -2.93. The predicted octanol–water partition coefficient (Wildman–Crippen LogP) is 5.15. The number of anilines is 2. The average molecular weight is 592 g/mol. The zero-order valence-corrected chi connectivity index (χ0v) is 23.3. The van der Waals surface area contributed by atoms with Crippen molar-refractivity contribution in [2.45, 2.75) is 31.1 Å². The molecule has 0 aliphatic carbocycles. The molecule has 216 valence electrons. The molecule has 3 N–H and O–H groups in total. The van der Waals surface area contributed by atoms with E-state index in [0.29, 0.717) is 28.3 Å². The lowest BCUT2D eigenvalue weighted by atomic mass is 10.1. The normalized spacial score (nSPS) is 15.8. The Labute approximate surface area is 241 Å². The number of nitrogens with one attached hydrogen (secondary N) is 3. The second-order valence-electron chi connectivity index (χ2n) is 9.67. The van der Waals surface area contributed by atoms with E-state index in [1.165, 1.54) is 37.4 Å². The number of hydrogen-bond donors (Lipinski definition) is 3. The van der Waals surface area contributed by atoms with Gasteiger partial charge in [-0.25, -0.2) is 27.8 Å². The summed E-state index contributed by atoms with van der Waals surface area (Å²) in [4.78, 5) is 13.0. The van der Waals surface area contributed by atoms with Crippen LogP contribution >= 0.6 is 0 Å². The molecule has 5 rings (SSSR count). The van der Waals surface area contributed by atoms with Gasteiger partial charge in [0.2, 0.25) is 27.7 Å². The Balaban J connectivity index is 1.35. The van der Waals surface area contributed by atoms with Gasteiger partial charge in [0.15, 0.2) is 11.6 Å². The number of sulfonamides is 1. The zero-order chi connectivity index (χ0) is 29.7. The standard InChI is InChI=1S/C29H27F2N7O3S/c1-18(20-8-6-19(16-32)7-9-20)42(39,40)38-24-10-11-25(27(31)26(24)30)41-28-22(5-3-14-34-28)23-12-15-35-29(37-23)36-21-4-2-13-33-17-21/h3,5-12,14-15,18,21,33,38H,2,4,13,17H2,1H3,(H,35,36,37)/t18?,21-/m0/s1. The van der Waals surface area contributed by atoms with Crippen molar-refractivity contribution in [2.24, 2.45) is 0 Å². The van der Waals surface area contributed by atoms with E-state index >= 15 is 8.78 Å². The third-order valence-electron chi connectivity index (χ3n) is 6.81. The van der Waals surface area contributed by atoms with Crippen LogP contribution in [0.4, 0.5) is 20.4 Å². The Morgan fingerprint density at radius 2 is 1.88 bits per heavy atom. The highest BCUT2D eigenvalue weighted by Crippen LogP contribution is 2.35. The molecular weight excluding hydrogens is 564 g/mol. The maximum absolute atomic E-state index is 15.2. The van der Waals surface area contributed by atoms with Crippen molar-refractivity contribution in [1.29, 1.82) is 5.26 Å². The van der Waals surface area contributed by atoms with Crippen LogP contribution in [0, 0.1) is 23.0 Å². The second-order valence-corrected chi connectivity index (χ2v) is 11.7. The van der Waals surface area contributed by atoms with Crippen LogP contribution in [-0.2, 0) is 10.0 Å². The summed E-state index contributed by atoms with van der Waals surface area (Å²) in [6.45, 7) is 3.16. The topological polar surface area (TPSA) is 142 Å². The molecule has 0 radical (unpaired) electrons. The van der Waals surface area contributed by atoms with E-state index in [1.54, 1.807) is 24.4 Å². The van der Waals surface area contributed by atoms with Gasteiger partial charge in [-0.3, -0.25) is 4.72 Å². The molecule has 1 aliphatic heterocycles. The summed E-state index contributed by atoms with van der Waals surface area (Å²) in [7, 11) is -4.17. The van der Waals surface area contributed by atoms with E-state index in [4.69, 9.17) is 10.00 Å². The Kier molecular flexibility index (Phi) is 8.56. The number of piperidine rings is 1. The molecule has 1 aliphatic rings. The second kappa shape index (κ2) is 12.5. The highest BCUT2D eigenvalue weighted by atomic mass is 32.2. The molecule has 3 heterocycles. The largest absolute Gasteiger partial charge is 0.435 e. The molecule has 42 heavy (non-hydrogen) atoms. The van der Waals surface area contributed by atoms with Crippen molar-refractivity contribution in [2.75, 3.05) is 23.1 Å². The van der Waals surface area contributed by atoms with Gasteiger partial charge in [-0.2, -0.15) is 9.65 Å². The van der Waals surface area contributed by atoms with Crippen LogP contribution in [0.3, 0.4) is 0 Å². The Hall–Kier alpha value is -4.67. The van der Waals surface area contributed by atoms with Gasteiger partial charge in [0.05, 0.1) is 28.6 Å². The molecule has 1 saturated heterocycles. The van der Waals surface area contributed by atoms with Gasteiger partial charge < -0.3 is 15.4 Å². The van der Waals surface area contributed by atoms with Crippen LogP contribution in [0.15, 0.2) is 67.0 Å². The number of nitrogens with zero attached hydrogens (tertiary/aromatic N) is 4. The zero-order valence-electron chi connectivity index (χ0n) is 22.5. The SMILES string of the molecule is CC(c1ccc(C#N)cc1)S(=O)(=O)Nc1ccc(Oc2ncccc2-c2ccnc(N[C@H]3CCCNC3)n2)c(F)c1F. The van der Waals surface area contributed by atoms with Crippen LogP contribution in [0.1, 0.15) is 36.1 Å². The molecule has 1 unspecified atom stereocenters. The Bertz CT molecular complexity index is 1720. The summed E-state index contributed by atoms with van der Waals surface area (Å²) in [5, 5.41) is 14.5. The van der Waals surface area contributed by atoms with E-state index in [2.05, 4.69) is 30.3 Å². The molecule has 0 saturated carbocycles. The molecule has 2 aromatic heterocycles. The number of nitriles is 1. The molecule has 2 atom stereocenters. The first-order valence-electron chi connectivity index (χ1n) is 13.2. The number of rotatable bonds is 9. The van der Waals surface area contributed by atoms with Gasteiger partial charge in [0, 0.05) is 25.0 Å². The van der Waals surface area contributed by atoms with E-state index in [1.807, 2.05) is 6.07 Å². The summed E-state index contributed by atoms with van der Waals surface area (Å²) in [6, 6.07) is 15.2. The number of ether oxygens (including phenoxy) is 1. The minimum absolute atomic E-state index is 0.0254. The minimum Gasteiger partial charge on any atom is -0.435 e. The molecule has 1 fully saturated rings. The van der Waals surface area contributed by atoms with E-state index < -0.39 is 38.3 Å². The maximum atomic E-state index is 15.2. The highest BCUT2D eigenvalue weighted by molar-refractivity contribution is 7.92. The average Bonchev–Trinajstić information content (AvgIpc) is 3.01. The fourth-order valence-electron chi connectivity index (χ4n) is 4.45. The third-order valence-corrected chi connectivity index (χ3v) is 8.52. The number of benzene rings is 2. The van der Waals surface area contributed by atoms with E-state index in [0.717, 1.165) is 38.1 Å². The quantitative estimate of drug-likeness (QED) is 0.241. The van der Waals surface area contributed by atoms with Crippen LogP contribution in [-0.4, -0.2) is 42.5 Å². The smallest absolute Gasteiger partial charge is 0.239 e. The maximum Gasteiger partial charge on any atom is 0.239 e. The van der Waals surface area contributed by atoms with Gasteiger partial charge in [0.25, 0.3) is 0 Å². The van der Waals surface area contributed by atoms with E-state index in [-0.39, 0.29) is 11.9 Å². The van der Waals surface area contributed by atoms with Crippen molar-refractivity contribution >= 4 is 21.7 Å². The lowest BCUT2D eigenvalue weighted by Gasteiger charge is -2.23. The molecule has 0 amide bonds. The number of halogens is 2. The number of aromatic nitrogens is 3. The van der Waals surface area contributed by atoms with Gasteiger partial charge in [-0.05, 0) is 74.3 Å². The van der Waals surface area contributed by atoms with Gasteiger partial charge in [0.1, 0.15) is 5.25 Å². The van der Waals surface area contributed by atoms with Gasteiger partial charge >= 0.3 is 0 Å². The van der Waals surface area contributed by atoms with Gasteiger partial charge in [-0.15, -0.1) is 0 Å². The van der Waals surface area contributed by atoms with Crippen LogP contribution in [0.5, 0.6) is 11.6 Å². The molecule has 10 nitrogen and oxygen atoms in total. The van der Waals surface area contributed by atoms with Crippen molar-refractivity contribution in [1.82, 2.24) is 20.3 Å². The predicted molar refractivity (Wildman–Crippen MR) is 153 cm³/mol. The van der Waals surface area contributed by atoms with Crippen LogP contribution in [0.25, 0.3) is 11.3 Å². The third kappa shape index (κ3) is 6.45. The monoisotopic (exact) mass is 591 g/mol. The van der Waals surface area contributed by atoms with Crippen molar-refractivity contribution in [3.8, 4) is 29.0 Å². The van der Waals surface area contributed by atoms with Gasteiger partial charge in [-0.1, -0.05) is 12.1 Å². The summed E-state index contributed by atoms with van der Waals surface area (Å²) in [5.41, 5.74) is 1.05. The van der Waals surface area contributed by atoms with E-state index in [9.17, 15) is 8.42 Å².